The number of ether oxygens (including phenoxy) is 1. The van der Waals surface area contributed by atoms with E-state index in [0.29, 0.717) is 0 Å². The molecule has 1 aromatic rings. The summed E-state index contributed by atoms with van der Waals surface area (Å²) in [5.41, 5.74) is 2.40. The lowest BCUT2D eigenvalue weighted by Gasteiger charge is -2.22. The van der Waals surface area contributed by atoms with Crippen LogP contribution in [0.25, 0.3) is 0 Å². The fraction of sp³-hybridized carbons (Fsp3) is 0.400. The highest BCUT2D eigenvalue weighted by Gasteiger charge is 2.20. The van der Waals surface area contributed by atoms with Gasteiger partial charge in [0.15, 0.2) is 0 Å². The second-order valence-corrected chi connectivity index (χ2v) is 3.62. The van der Waals surface area contributed by atoms with Gasteiger partial charge in [-0.1, -0.05) is 12.1 Å². The van der Waals surface area contributed by atoms with Gasteiger partial charge in [0.2, 0.25) is 0 Å². The van der Waals surface area contributed by atoms with E-state index in [1.165, 1.54) is 11.1 Å². The maximum Gasteiger partial charge on any atom is 0.124 e. The molecular formula is C10H11ClO. The van der Waals surface area contributed by atoms with Crippen LogP contribution in [0.15, 0.2) is 18.2 Å². The Kier molecular flexibility index (Phi) is 1.97. The van der Waals surface area contributed by atoms with Gasteiger partial charge in [-0.05, 0) is 18.6 Å². The molecule has 12 heavy (non-hydrogen) atoms. The number of alkyl halides is 1. The molecule has 2 rings (SSSR count). The highest BCUT2D eigenvalue weighted by atomic mass is 35.5. The van der Waals surface area contributed by atoms with Crippen LogP contribution in [0.5, 0.6) is 5.75 Å². The van der Waals surface area contributed by atoms with Crippen molar-refractivity contribution < 1.29 is 4.74 Å². The maximum atomic E-state index is 6.17. The third-order valence-corrected chi connectivity index (χ3v) is 2.66. The van der Waals surface area contributed by atoms with Crippen molar-refractivity contribution in [3.8, 4) is 5.75 Å². The van der Waals surface area contributed by atoms with Gasteiger partial charge in [0.25, 0.3) is 0 Å². The molecule has 0 unspecified atom stereocenters. The zero-order chi connectivity index (χ0) is 8.55. The Hall–Kier alpha value is -0.690. The van der Waals surface area contributed by atoms with Gasteiger partial charge >= 0.3 is 0 Å². The Morgan fingerprint density at radius 2 is 2.33 bits per heavy atom. The summed E-state index contributed by atoms with van der Waals surface area (Å²) >= 11 is 6.17. The molecule has 0 spiro atoms. The van der Waals surface area contributed by atoms with E-state index in [1.54, 1.807) is 0 Å². The van der Waals surface area contributed by atoms with Crippen molar-refractivity contribution in [2.45, 2.75) is 18.7 Å². The molecule has 0 radical (unpaired) electrons. The monoisotopic (exact) mass is 182 g/mol. The number of hydrogen-bond acceptors (Lipinski definition) is 1. The standard InChI is InChI=1S/C10H11ClO/c1-7-3-2-4-9-10(7)8(11)5-6-12-9/h2-4,8H,5-6H2,1H3/t8-/m0/s1. The molecule has 1 atom stereocenters. The van der Waals surface area contributed by atoms with Gasteiger partial charge in [0.1, 0.15) is 5.75 Å². The molecule has 1 nitrogen and oxygen atoms in total. The molecule has 0 N–H and O–H groups in total. The highest BCUT2D eigenvalue weighted by molar-refractivity contribution is 6.21. The summed E-state index contributed by atoms with van der Waals surface area (Å²) in [6.07, 6.45) is 0.916. The van der Waals surface area contributed by atoms with E-state index in [-0.39, 0.29) is 5.38 Å². The first-order valence-corrected chi connectivity index (χ1v) is 4.59. The summed E-state index contributed by atoms with van der Waals surface area (Å²) in [6, 6.07) is 6.06. The third kappa shape index (κ3) is 1.18. The van der Waals surface area contributed by atoms with Crippen molar-refractivity contribution in [3.05, 3.63) is 29.3 Å². The minimum absolute atomic E-state index is 0.134. The minimum atomic E-state index is 0.134. The van der Waals surface area contributed by atoms with Crippen molar-refractivity contribution in [1.29, 1.82) is 0 Å². The van der Waals surface area contributed by atoms with Crippen LogP contribution in [0.2, 0.25) is 0 Å². The number of benzene rings is 1. The lowest BCUT2D eigenvalue weighted by molar-refractivity contribution is 0.284. The molecule has 2 heteroatoms. The second-order valence-electron chi connectivity index (χ2n) is 3.09. The van der Waals surface area contributed by atoms with Crippen LogP contribution in [-0.4, -0.2) is 6.61 Å². The lowest BCUT2D eigenvalue weighted by atomic mass is 10.0. The largest absolute Gasteiger partial charge is 0.493 e. The van der Waals surface area contributed by atoms with Crippen LogP contribution in [0.4, 0.5) is 0 Å². The predicted octanol–water partition coefficient (Wildman–Crippen LogP) is 3.06. The van der Waals surface area contributed by atoms with Gasteiger partial charge < -0.3 is 4.74 Å². The van der Waals surface area contributed by atoms with Crippen molar-refractivity contribution in [2.24, 2.45) is 0 Å². The molecule has 0 saturated carbocycles. The normalized spacial score (nSPS) is 21.3. The number of aryl methyl sites for hydroxylation is 1. The summed E-state index contributed by atoms with van der Waals surface area (Å²) in [6.45, 7) is 2.81. The zero-order valence-electron chi connectivity index (χ0n) is 7.01. The average Bonchev–Trinajstić information content (AvgIpc) is 2.04. The minimum Gasteiger partial charge on any atom is -0.493 e. The molecule has 0 bridgehead atoms. The quantitative estimate of drug-likeness (QED) is 0.561. The molecule has 64 valence electrons. The van der Waals surface area contributed by atoms with Crippen LogP contribution in [0, 0.1) is 6.92 Å². The van der Waals surface area contributed by atoms with E-state index in [1.807, 2.05) is 12.1 Å². The van der Waals surface area contributed by atoms with Crippen LogP contribution in [-0.2, 0) is 0 Å². The molecule has 0 saturated heterocycles. The average molecular weight is 183 g/mol. The van der Waals surface area contributed by atoms with Crippen molar-refractivity contribution in [2.75, 3.05) is 6.61 Å². The Balaban J connectivity index is 2.53. The summed E-state index contributed by atoms with van der Waals surface area (Å²) in [4.78, 5) is 0. The Morgan fingerprint density at radius 3 is 3.08 bits per heavy atom. The third-order valence-electron chi connectivity index (χ3n) is 2.23. The topological polar surface area (TPSA) is 9.23 Å². The first-order chi connectivity index (χ1) is 5.79. The summed E-state index contributed by atoms with van der Waals surface area (Å²) in [5.74, 6) is 0.959. The van der Waals surface area contributed by atoms with Gasteiger partial charge in [-0.3, -0.25) is 0 Å². The van der Waals surface area contributed by atoms with Crippen molar-refractivity contribution >= 4 is 11.6 Å². The van der Waals surface area contributed by atoms with Crippen LogP contribution in [0.1, 0.15) is 22.9 Å². The number of hydrogen-bond donors (Lipinski definition) is 0. The van der Waals surface area contributed by atoms with Crippen molar-refractivity contribution in [3.63, 3.8) is 0 Å². The maximum absolute atomic E-state index is 6.17. The molecular weight excluding hydrogens is 172 g/mol. The molecule has 1 aliphatic rings. The van der Waals surface area contributed by atoms with E-state index < -0.39 is 0 Å². The van der Waals surface area contributed by atoms with E-state index >= 15 is 0 Å². The molecule has 1 aromatic carbocycles. The summed E-state index contributed by atoms with van der Waals surface area (Å²) < 4.78 is 5.49. The molecule has 0 fully saturated rings. The summed E-state index contributed by atoms with van der Waals surface area (Å²) in [7, 11) is 0. The van der Waals surface area contributed by atoms with E-state index in [4.69, 9.17) is 16.3 Å². The van der Waals surface area contributed by atoms with Crippen molar-refractivity contribution in [1.82, 2.24) is 0 Å². The highest BCUT2D eigenvalue weighted by Crippen LogP contribution is 2.37. The van der Waals surface area contributed by atoms with Crippen LogP contribution < -0.4 is 4.74 Å². The predicted molar refractivity (Wildman–Crippen MR) is 49.9 cm³/mol. The number of halogens is 1. The molecule has 0 amide bonds. The lowest BCUT2D eigenvalue weighted by Crippen LogP contribution is -2.11. The Morgan fingerprint density at radius 1 is 1.50 bits per heavy atom. The van der Waals surface area contributed by atoms with Gasteiger partial charge in [-0.15, -0.1) is 11.6 Å². The molecule has 0 aromatic heterocycles. The fourth-order valence-electron chi connectivity index (χ4n) is 1.60. The molecule has 1 aliphatic heterocycles. The molecule has 1 heterocycles. The van der Waals surface area contributed by atoms with Gasteiger partial charge in [-0.25, -0.2) is 0 Å². The second kappa shape index (κ2) is 2.98. The first kappa shape index (κ1) is 7.93. The van der Waals surface area contributed by atoms with Gasteiger partial charge in [0.05, 0.1) is 12.0 Å². The fourth-order valence-corrected chi connectivity index (χ4v) is 1.97. The Labute approximate surface area is 77.3 Å². The van der Waals surface area contributed by atoms with Gasteiger partial charge in [0, 0.05) is 12.0 Å². The number of rotatable bonds is 0. The smallest absolute Gasteiger partial charge is 0.124 e. The molecule has 0 aliphatic carbocycles. The van der Waals surface area contributed by atoms with E-state index in [9.17, 15) is 0 Å². The summed E-state index contributed by atoms with van der Waals surface area (Å²) in [5, 5.41) is 0.134. The van der Waals surface area contributed by atoms with Crippen LogP contribution >= 0.6 is 11.6 Å². The number of fused-ring (bicyclic) bond motifs is 1. The zero-order valence-corrected chi connectivity index (χ0v) is 7.77. The Bertz CT molecular complexity index is 296. The van der Waals surface area contributed by atoms with Crippen LogP contribution in [0.3, 0.4) is 0 Å². The van der Waals surface area contributed by atoms with Gasteiger partial charge in [-0.2, -0.15) is 0 Å². The van der Waals surface area contributed by atoms with E-state index in [2.05, 4.69) is 13.0 Å². The SMILES string of the molecule is Cc1cccc2c1[C@@H](Cl)CCO2. The van der Waals surface area contributed by atoms with E-state index in [0.717, 1.165) is 18.8 Å². The first-order valence-electron chi connectivity index (χ1n) is 4.15.